The third kappa shape index (κ3) is 4.55. The molecule has 2 aromatic rings. The van der Waals surface area contributed by atoms with Gasteiger partial charge in [-0.05, 0) is 12.1 Å². The van der Waals surface area contributed by atoms with Gasteiger partial charge in [0, 0.05) is 0 Å². The molecule has 1 nitrogen and oxygen atoms in total. The molecule has 0 bridgehead atoms. The predicted molar refractivity (Wildman–Crippen MR) is 61.7 cm³/mol. The molecular formula is C13H9BrF2MgO. The normalized spacial score (nSPS) is 9.00. The first-order chi connectivity index (χ1) is 7.77. The molecule has 2 rings (SSSR count). The number of halogens is 3. The van der Waals surface area contributed by atoms with Crippen LogP contribution in [0, 0.1) is 17.7 Å². The summed E-state index contributed by atoms with van der Waals surface area (Å²) in [6.45, 7) is 0.203. The second-order valence-electron chi connectivity index (χ2n) is 3.25. The molecule has 0 atom stereocenters. The van der Waals surface area contributed by atoms with Crippen LogP contribution in [-0.2, 0) is 6.61 Å². The minimum Gasteiger partial charge on any atom is -1.00 e. The first-order valence-electron chi connectivity index (χ1n) is 4.79. The molecule has 0 radical (unpaired) electrons. The third-order valence-electron chi connectivity index (χ3n) is 2.10. The Labute approximate surface area is 131 Å². The SMILES string of the molecule is Fc1cccc(OCc2cc[c-]cc2)c1F.[Br-].[Mg+2]. The van der Waals surface area contributed by atoms with Crippen molar-refractivity contribution in [2.75, 3.05) is 0 Å². The van der Waals surface area contributed by atoms with Crippen molar-refractivity contribution in [1.29, 1.82) is 0 Å². The van der Waals surface area contributed by atoms with Crippen LogP contribution in [0.3, 0.4) is 0 Å². The Morgan fingerprint density at radius 3 is 2.39 bits per heavy atom. The van der Waals surface area contributed by atoms with E-state index in [1.54, 1.807) is 24.3 Å². The molecule has 0 aromatic heterocycles. The van der Waals surface area contributed by atoms with Gasteiger partial charge >= 0.3 is 23.1 Å². The van der Waals surface area contributed by atoms with Crippen LogP contribution in [0.1, 0.15) is 5.56 Å². The molecule has 0 aliphatic heterocycles. The van der Waals surface area contributed by atoms with Crippen molar-refractivity contribution in [3.05, 3.63) is 65.7 Å². The maximum absolute atomic E-state index is 13.2. The van der Waals surface area contributed by atoms with Crippen LogP contribution in [0.25, 0.3) is 0 Å². The van der Waals surface area contributed by atoms with E-state index in [4.69, 9.17) is 4.74 Å². The average Bonchev–Trinajstić information content (AvgIpc) is 2.32. The molecule has 0 aliphatic carbocycles. The molecule has 5 heteroatoms. The number of rotatable bonds is 3. The quantitative estimate of drug-likeness (QED) is 0.569. The number of ether oxygens (including phenoxy) is 1. The molecular weight excluding hydrogens is 314 g/mol. The molecule has 0 saturated heterocycles. The van der Waals surface area contributed by atoms with Gasteiger partial charge in [-0.3, -0.25) is 0 Å². The standard InChI is InChI=1S/C13H9F2O.BrH.Mg/c14-11-7-4-8-12(13(11)15)16-9-10-5-2-1-3-6-10;;/h2-8H,9H2;1H;/q-1;;+2/p-1. The molecule has 0 spiro atoms. The van der Waals surface area contributed by atoms with Crippen molar-refractivity contribution in [3.8, 4) is 5.75 Å². The van der Waals surface area contributed by atoms with Crippen molar-refractivity contribution < 1.29 is 30.5 Å². The van der Waals surface area contributed by atoms with Gasteiger partial charge in [-0.2, -0.15) is 34.7 Å². The van der Waals surface area contributed by atoms with E-state index in [2.05, 4.69) is 6.07 Å². The summed E-state index contributed by atoms with van der Waals surface area (Å²) in [6, 6.07) is 13.8. The Morgan fingerprint density at radius 2 is 1.72 bits per heavy atom. The fourth-order valence-electron chi connectivity index (χ4n) is 1.27. The van der Waals surface area contributed by atoms with Gasteiger partial charge < -0.3 is 21.7 Å². The monoisotopic (exact) mass is 322 g/mol. The Morgan fingerprint density at radius 1 is 1.06 bits per heavy atom. The van der Waals surface area contributed by atoms with Crippen LogP contribution < -0.4 is 21.7 Å². The van der Waals surface area contributed by atoms with Gasteiger partial charge in [0.2, 0.25) is 5.82 Å². The van der Waals surface area contributed by atoms with Crippen LogP contribution in [0.5, 0.6) is 5.75 Å². The molecule has 0 heterocycles. The van der Waals surface area contributed by atoms with E-state index in [1.807, 2.05) is 0 Å². The summed E-state index contributed by atoms with van der Waals surface area (Å²) in [5.74, 6) is -1.93. The van der Waals surface area contributed by atoms with Crippen molar-refractivity contribution in [3.63, 3.8) is 0 Å². The summed E-state index contributed by atoms with van der Waals surface area (Å²) in [7, 11) is 0. The van der Waals surface area contributed by atoms with Crippen molar-refractivity contribution in [2.45, 2.75) is 6.61 Å². The first kappa shape index (κ1) is 17.3. The average molecular weight is 323 g/mol. The molecule has 0 unspecified atom stereocenters. The topological polar surface area (TPSA) is 9.23 Å². The molecule has 0 saturated carbocycles. The smallest absolute Gasteiger partial charge is 1.00 e. The molecule has 0 fully saturated rings. The molecule has 2 aromatic carbocycles. The van der Waals surface area contributed by atoms with Gasteiger partial charge in [-0.1, -0.05) is 6.07 Å². The number of hydrogen-bond acceptors (Lipinski definition) is 1. The summed E-state index contributed by atoms with van der Waals surface area (Å²) < 4.78 is 31.2. The summed E-state index contributed by atoms with van der Waals surface area (Å²) in [4.78, 5) is 0. The van der Waals surface area contributed by atoms with Crippen LogP contribution in [0.15, 0.2) is 42.5 Å². The summed E-state index contributed by atoms with van der Waals surface area (Å²) in [5.41, 5.74) is 0.877. The minimum absolute atomic E-state index is 0. The number of hydrogen-bond donors (Lipinski definition) is 0. The van der Waals surface area contributed by atoms with Crippen LogP contribution in [0.4, 0.5) is 8.78 Å². The van der Waals surface area contributed by atoms with Crippen LogP contribution in [-0.4, -0.2) is 23.1 Å². The van der Waals surface area contributed by atoms with Crippen molar-refractivity contribution in [2.24, 2.45) is 0 Å². The summed E-state index contributed by atoms with van der Waals surface area (Å²) >= 11 is 0. The molecule has 0 aliphatic rings. The van der Waals surface area contributed by atoms with E-state index >= 15 is 0 Å². The number of benzene rings is 2. The van der Waals surface area contributed by atoms with Crippen molar-refractivity contribution >= 4 is 23.1 Å². The second kappa shape index (κ2) is 8.45. The van der Waals surface area contributed by atoms with Gasteiger partial charge in [0.1, 0.15) is 0 Å². The van der Waals surface area contributed by atoms with Crippen molar-refractivity contribution in [1.82, 2.24) is 0 Å². The molecule has 0 amide bonds. The largest absolute Gasteiger partial charge is 2.00 e. The minimum atomic E-state index is -0.954. The zero-order valence-electron chi connectivity index (χ0n) is 9.50. The third-order valence-corrected chi connectivity index (χ3v) is 2.10. The van der Waals surface area contributed by atoms with E-state index in [0.717, 1.165) is 11.6 Å². The summed E-state index contributed by atoms with van der Waals surface area (Å²) in [6.07, 6.45) is 0. The first-order valence-corrected chi connectivity index (χ1v) is 4.79. The Balaban J connectivity index is 0.00000144. The van der Waals surface area contributed by atoms with Gasteiger partial charge in [-0.15, -0.1) is 5.56 Å². The maximum Gasteiger partial charge on any atom is 2.00 e. The molecule has 18 heavy (non-hydrogen) atoms. The second-order valence-corrected chi connectivity index (χ2v) is 3.25. The predicted octanol–water partition coefficient (Wildman–Crippen LogP) is -0.0328. The maximum atomic E-state index is 13.2. The summed E-state index contributed by atoms with van der Waals surface area (Å²) in [5, 5.41) is 0. The molecule has 0 N–H and O–H groups in total. The Kier molecular flexibility index (Phi) is 8.14. The fourth-order valence-corrected chi connectivity index (χ4v) is 1.27. The van der Waals surface area contributed by atoms with Crippen LogP contribution >= 0.6 is 0 Å². The van der Waals surface area contributed by atoms with E-state index in [1.165, 1.54) is 12.1 Å². The van der Waals surface area contributed by atoms with Gasteiger partial charge in [0.15, 0.2) is 11.6 Å². The van der Waals surface area contributed by atoms with E-state index in [-0.39, 0.29) is 52.4 Å². The Hall–Kier alpha value is -0.654. The van der Waals surface area contributed by atoms with E-state index in [9.17, 15) is 8.78 Å². The van der Waals surface area contributed by atoms with Crippen LogP contribution in [0.2, 0.25) is 0 Å². The van der Waals surface area contributed by atoms with Gasteiger partial charge in [-0.25, -0.2) is 4.39 Å². The zero-order valence-corrected chi connectivity index (χ0v) is 12.5. The fraction of sp³-hybridized carbons (Fsp3) is 0.0769. The zero-order chi connectivity index (χ0) is 11.4. The van der Waals surface area contributed by atoms with E-state index < -0.39 is 11.6 Å². The van der Waals surface area contributed by atoms with Gasteiger partial charge in [0.25, 0.3) is 0 Å². The van der Waals surface area contributed by atoms with E-state index in [0.29, 0.717) is 0 Å². The Bertz CT molecular complexity index is 480. The van der Waals surface area contributed by atoms with Gasteiger partial charge in [0.05, 0.1) is 6.61 Å². The molecule has 90 valence electrons.